The molecule has 0 bridgehead atoms. The summed E-state index contributed by atoms with van der Waals surface area (Å²) in [7, 11) is 1.46. The summed E-state index contributed by atoms with van der Waals surface area (Å²) in [5.41, 5.74) is 0.857. The van der Waals surface area contributed by atoms with Crippen molar-refractivity contribution in [3.8, 4) is 17.6 Å². The largest absolute Gasteiger partial charge is 0.479 e. The molecule has 176 valence electrons. The van der Waals surface area contributed by atoms with Crippen LogP contribution in [0, 0.1) is 23.1 Å². The van der Waals surface area contributed by atoms with Gasteiger partial charge in [0.25, 0.3) is 0 Å². The van der Waals surface area contributed by atoms with E-state index in [1.807, 2.05) is 6.07 Å². The Balaban J connectivity index is 1.61. The molecule has 1 amide bonds. The molecule has 1 fully saturated rings. The van der Waals surface area contributed by atoms with Crippen molar-refractivity contribution in [2.24, 2.45) is 5.92 Å². The number of ether oxygens (including phenoxy) is 1. The Morgan fingerprint density at radius 2 is 2.06 bits per heavy atom. The van der Waals surface area contributed by atoms with E-state index in [1.54, 1.807) is 13.0 Å². The number of carboxylic acid groups (broad SMARTS) is 1. The van der Waals surface area contributed by atoms with E-state index in [9.17, 15) is 14.4 Å². The molecule has 3 aromatic heterocycles. The number of nitriles is 1. The first-order chi connectivity index (χ1) is 16.4. The average Bonchev–Trinajstić information content (AvgIpc) is 3.51. The first-order valence-corrected chi connectivity index (χ1v) is 10.4. The highest BCUT2D eigenvalue weighted by atomic mass is 19.1. The van der Waals surface area contributed by atoms with Crippen molar-refractivity contribution in [2.45, 2.75) is 31.8 Å². The fourth-order valence-corrected chi connectivity index (χ4v) is 3.61. The number of hydrogen-bond acceptors (Lipinski definition) is 9. The van der Waals surface area contributed by atoms with E-state index < -0.39 is 24.0 Å². The minimum atomic E-state index is -1.14. The maximum absolute atomic E-state index is 14.7. The van der Waals surface area contributed by atoms with Gasteiger partial charge in [-0.3, -0.25) is 0 Å². The van der Waals surface area contributed by atoms with Gasteiger partial charge in [0, 0.05) is 6.04 Å². The van der Waals surface area contributed by atoms with Crippen LogP contribution in [0.2, 0.25) is 0 Å². The fourth-order valence-electron chi connectivity index (χ4n) is 3.61. The number of nitrogens with one attached hydrogen (secondary N) is 3. The molecule has 2 atom stereocenters. The van der Waals surface area contributed by atoms with Crippen molar-refractivity contribution in [1.29, 1.82) is 5.26 Å². The Morgan fingerprint density at radius 3 is 2.68 bits per heavy atom. The predicted octanol–water partition coefficient (Wildman–Crippen LogP) is 2.67. The summed E-state index contributed by atoms with van der Waals surface area (Å²) in [6, 6.07) is 3.79. The second-order valence-corrected chi connectivity index (χ2v) is 7.77. The second kappa shape index (κ2) is 9.57. The number of pyridine rings is 2. The Kier molecular flexibility index (Phi) is 6.39. The number of hydrogen-bond donors (Lipinski definition) is 4. The third-order valence-electron chi connectivity index (χ3n) is 5.34. The van der Waals surface area contributed by atoms with Gasteiger partial charge in [-0.15, -0.1) is 4.80 Å². The third-order valence-corrected chi connectivity index (χ3v) is 5.34. The van der Waals surface area contributed by atoms with Crippen LogP contribution in [0.3, 0.4) is 0 Å². The molecule has 1 aliphatic carbocycles. The summed E-state index contributed by atoms with van der Waals surface area (Å²) in [5, 5.41) is 35.2. The second-order valence-electron chi connectivity index (χ2n) is 7.77. The number of halogens is 1. The maximum Gasteiger partial charge on any atom is 0.404 e. The van der Waals surface area contributed by atoms with Crippen LogP contribution in [0.15, 0.2) is 30.7 Å². The third kappa shape index (κ3) is 4.96. The van der Waals surface area contributed by atoms with E-state index in [-0.39, 0.29) is 29.0 Å². The topological polar surface area (TPSA) is 163 Å². The molecule has 0 unspecified atom stereocenters. The van der Waals surface area contributed by atoms with Crippen molar-refractivity contribution in [3.05, 3.63) is 42.1 Å². The lowest BCUT2D eigenvalue weighted by atomic mass is 10.1. The van der Waals surface area contributed by atoms with E-state index in [0.717, 1.165) is 18.9 Å². The molecular formula is C21H22FN9O3. The number of aromatic nitrogens is 5. The fraction of sp³-hybridized carbons (Fsp3) is 0.333. The summed E-state index contributed by atoms with van der Waals surface area (Å²) in [6.07, 6.45) is 5.11. The van der Waals surface area contributed by atoms with E-state index in [4.69, 9.17) is 9.84 Å². The zero-order valence-corrected chi connectivity index (χ0v) is 18.4. The molecule has 0 radical (unpaired) electrons. The van der Waals surface area contributed by atoms with E-state index in [1.165, 1.54) is 30.5 Å². The number of amides is 1. The summed E-state index contributed by atoms with van der Waals surface area (Å²) >= 11 is 0. The average molecular weight is 467 g/mol. The maximum atomic E-state index is 14.7. The molecule has 3 heterocycles. The lowest BCUT2D eigenvalue weighted by Gasteiger charge is -2.25. The molecule has 1 aliphatic rings. The van der Waals surface area contributed by atoms with Gasteiger partial charge in [-0.2, -0.15) is 15.5 Å². The highest BCUT2D eigenvalue weighted by Crippen LogP contribution is 2.35. The Morgan fingerprint density at radius 1 is 1.32 bits per heavy atom. The Hall–Kier alpha value is -4.47. The number of methoxy groups -OCH3 is 1. The van der Waals surface area contributed by atoms with Crippen molar-refractivity contribution in [1.82, 2.24) is 30.3 Å². The van der Waals surface area contributed by atoms with Gasteiger partial charge < -0.3 is 25.8 Å². The first kappa shape index (κ1) is 22.7. The molecule has 4 N–H and O–H groups in total. The molecule has 0 aliphatic heterocycles. The molecule has 3 aromatic rings. The number of nitrogens with zero attached hydrogens (tertiary/aromatic N) is 6. The van der Waals surface area contributed by atoms with Crippen LogP contribution < -0.4 is 20.7 Å². The lowest BCUT2D eigenvalue weighted by Crippen LogP contribution is -2.46. The smallest absolute Gasteiger partial charge is 0.404 e. The van der Waals surface area contributed by atoms with E-state index in [2.05, 4.69) is 36.1 Å². The first-order valence-electron chi connectivity index (χ1n) is 10.4. The van der Waals surface area contributed by atoms with Gasteiger partial charge in [-0.1, -0.05) is 0 Å². The molecule has 12 nitrogen and oxygen atoms in total. The molecule has 1 saturated carbocycles. The SMILES string of the molecule is COc1ncc(Nc2nc(N[C@H](C)[C@@H](NC(=O)O)C3CC3)c(F)cc2C#N)cc1-n1nccn1. The number of carbonyl (C=O) groups is 1. The molecule has 13 heteroatoms. The molecule has 0 saturated heterocycles. The summed E-state index contributed by atoms with van der Waals surface area (Å²) in [5.74, 6) is -0.283. The van der Waals surface area contributed by atoms with Gasteiger partial charge in [-0.05, 0) is 37.8 Å². The zero-order valence-electron chi connectivity index (χ0n) is 18.4. The summed E-state index contributed by atoms with van der Waals surface area (Å²) in [4.78, 5) is 21.0. The lowest BCUT2D eigenvalue weighted by molar-refractivity contribution is 0.186. The van der Waals surface area contributed by atoms with Gasteiger partial charge in [0.1, 0.15) is 11.8 Å². The molecule has 0 spiro atoms. The van der Waals surface area contributed by atoms with Crippen LogP contribution in [0.5, 0.6) is 5.88 Å². The van der Waals surface area contributed by atoms with Crippen LogP contribution in [0.25, 0.3) is 5.69 Å². The van der Waals surface area contributed by atoms with Crippen LogP contribution in [0.4, 0.5) is 26.5 Å². The predicted molar refractivity (Wildman–Crippen MR) is 119 cm³/mol. The number of anilines is 3. The van der Waals surface area contributed by atoms with Crippen molar-refractivity contribution >= 4 is 23.4 Å². The van der Waals surface area contributed by atoms with Crippen LogP contribution >= 0.6 is 0 Å². The standard InChI is InChI=1S/C21H22FN9O3/c1-11(17(12-3-4-12)29-21(32)33)27-19-15(22)7-13(9-23)18(30-19)28-14-8-16(20(34-2)24-10-14)31-25-5-6-26-31/h5-8,10-12,17,29H,3-4H2,1-2H3,(H,32,33)(H2,27,28,30)/t11-,17-/m1/s1. The summed E-state index contributed by atoms with van der Waals surface area (Å²) < 4.78 is 20.0. The molecule has 4 rings (SSSR count). The quantitative estimate of drug-likeness (QED) is 0.368. The van der Waals surface area contributed by atoms with Crippen molar-refractivity contribution in [2.75, 3.05) is 17.7 Å². The highest BCUT2D eigenvalue weighted by molar-refractivity contribution is 5.67. The van der Waals surface area contributed by atoms with Crippen LogP contribution in [-0.4, -0.2) is 55.4 Å². The van der Waals surface area contributed by atoms with Crippen molar-refractivity contribution in [3.63, 3.8) is 0 Å². The normalized spacial score (nSPS) is 14.5. The Bertz CT molecular complexity index is 1220. The van der Waals surface area contributed by atoms with Crippen LogP contribution in [0.1, 0.15) is 25.3 Å². The van der Waals surface area contributed by atoms with Crippen LogP contribution in [-0.2, 0) is 0 Å². The van der Waals surface area contributed by atoms with E-state index >= 15 is 0 Å². The van der Waals surface area contributed by atoms with E-state index in [0.29, 0.717) is 11.4 Å². The molecule has 0 aromatic carbocycles. The van der Waals surface area contributed by atoms with Gasteiger partial charge in [0.15, 0.2) is 17.5 Å². The minimum Gasteiger partial charge on any atom is -0.479 e. The highest BCUT2D eigenvalue weighted by Gasteiger charge is 2.36. The minimum absolute atomic E-state index is 0.0207. The molecule has 34 heavy (non-hydrogen) atoms. The Labute approximate surface area is 193 Å². The molecular weight excluding hydrogens is 445 g/mol. The monoisotopic (exact) mass is 467 g/mol. The van der Waals surface area contributed by atoms with Gasteiger partial charge in [0.05, 0.1) is 43.0 Å². The van der Waals surface area contributed by atoms with Gasteiger partial charge >= 0.3 is 6.09 Å². The summed E-state index contributed by atoms with van der Waals surface area (Å²) in [6.45, 7) is 1.75. The number of rotatable bonds is 9. The van der Waals surface area contributed by atoms with Gasteiger partial charge in [-0.25, -0.2) is 19.2 Å². The van der Waals surface area contributed by atoms with Gasteiger partial charge in [0.2, 0.25) is 5.88 Å². The zero-order chi connectivity index (χ0) is 24.2. The van der Waals surface area contributed by atoms with Crippen molar-refractivity contribution < 1.29 is 19.0 Å².